The number of rotatable bonds is 1. The third-order valence-electron chi connectivity index (χ3n) is 1.48. The second kappa shape index (κ2) is 3.74. The number of nitrogens with two attached hydrogens (primary N) is 1. The first kappa shape index (κ1) is 10.5. The largest absolute Gasteiger partial charge is 0.323 e. The summed E-state index contributed by atoms with van der Waals surface area (Å²) in [5.41, 5.74) is 7.80. The Morgan fingerprint density at radius 2 is 2.18 bits per heavy atom. The van der Waals surface area contributed by atoms with Crippen LogP contribution in [0.1, 0.15) is 24.2 Å². The minimum absolute atomic E-state index is 0. The summed E-state index contributed by atoms with van der Waals surface area (Å²) in [4.78, 5) is 0. The summed E-state index contributed by atoms with van der Waals surface area (Å²) in [5.74, 6) is 0. The fourth-order valence-electron chi connectivity index (χ4n) is 1.07. The van der Waals surface area contributed by atoms with Gasteiger partial charge in [0.15, 0.2) is 0 Å². The highest BCUT2D eigenvalue weighted by molar-refractivity contribution is 5.85. The van der Waals surface area contributed by atoms with Gasteiger partial charge in [-0.3, -0.25) is 4.68 Å². The number of hydrogen-bond donors (Lipinski definition) is 1. The summed E-state index contributed by atoms with van der Waals surface area (Å²) in [6.07, 6.45) is 1.97. The maximum atomic E-state index is 5.65. The van der Waals surface area contributed by atoms with Crippen LogP contribution in [0.2, 0.25) is 0 Å². The smallest absolute Gasteiger partial charge is 0.0817 e. The number of aromatic nitrogens is 2. The predicted octanol–water partition coefficient (Wildman–Crippen LogP) is 1.17. The lowest BCUT2D eigenvalue weighted by Crippen LogP contribution is -2.07. The Morgan fingerprint density at radius 3 is 2.36 bits per heavy atom. The Labute approximate surface area is 73.0 Å². The first-order valence-corrected chi connectivity index (χ1v) is 3.37. The van der Waals surface area contributed by atoms with Crippen molar-refractivity contribution >= 4 is 12.4 Å². The number of halogens is 1. The van der Waals surface area contributed by atoms with Gasteiger partial charge < -0.3 is 5.73 Å². The van der Waals surface area contributed by atoms with Gasteiger partial charge in [0.1, 0.15) is 0 Å². The molecule has 1 rings (SSSR count). The Balaban J connectivity index is 0.000001000. The third kappa shape index (κ3) is 2.20. The standard InChI is InChI=1S/C7H13N3.ClH/c1-5-4-10(3)9-7(5)6(2)8;/h4,6H,8H2,1-3H3;1H/t6-;/m0./s1. The highest BCUT2D eigenvalue weighted by Gasteiger charge is 2.06. The minimum atomic E-state index is 0. The molecule has 0 unspecified atom stereocenters. The molecule has 0 aliphatic rings. The molecule has 0 aromatic carbocycles. The van der Waals surface area contributed by atoms with Crippen LogP contribution in [-0.4, -0.2) is 9.78 Å². The van der Waals surface area contributed by atoms with Gasteiger partial charge in [0.2, 0.25) is 0 Å². The Hall–Kier alpha value is -0.540. The molecular formula is C7H14ClN3. The Kier molecular flexibility index (Phi) is 3.55. The second-order valence-electron chi connectivity index (χ2n) is 2.66. The Bertz CT molecular complexity index is 230. The molecule has 1 heterocycles. The van der Waals surface area contributed by atoms with E-state index in [9.17, 15) is 0 Å². The third-order valence-corrected chi connectivity index (χ3v) is 1.48. The van der Waals surface area contributed by atoms with E-state index in [1.807, 2.05) is 27.1 Å². The molecule has 2 N–H and O–H groups in total. The fraction of sp³-hybridized carbons (Fsp3) is 0.571. The molecule has 1 aromatic rings. The van der Waals surface area contributed by atoms with Crippen molar-refractivity contribution in [2.45, 2.75) is 19.9 Å². The van der Waals surface area contributed by atoms with Crippen LogP contribution in [-0.2, 0) is 7.05 Å². The maximum absolute atomic E-state index is 5.65. The molecule has 11 heavy (non-hydrogen) atoms. The van der Waals surface area contributed by atoms with Gasteiger partial charge in [-0.25, -0.2) is 0 Å². The number of aryl methyl sites for hydroxylation is 2. The van der Waals surface area contributed by atoms with E-state index in [4.69, 9.17) is 5.73 Å². The van der Waals surface area contributed by atoms with Crippen molar-refractivity contribution in [3.8, 4) is 0 Å². The molecule has 0 saturated heterocycles. The molecule has 64 valence electrons. The molecular weight excluding hydrogens is 162 g/mol. The van der Waals surface area contributed by atoms with Gasteiger partial charge in [0, 0.05) is 19.3 Å². The van der Waals surface area contributed by atoms with Crippen LogP contribution >= 0.6 is 12.4 Å². The lowest BCUT2D eigenvalue weighted by atomic mass is 10.2. The molecule has 0 amide bonds. The molecule has 0 bridgehead atoms. The van der Waals surface area contributed by atoms with Crippen LogP contribution in [0.3, 0.4) is 0 Å². The monoisotopic (exact) mass is 175 g/mol. The van der Waals surface area contributed by atoms with Crippen molar-refractivity contribution in [2.24, 2.45) is 12.8 Å². The molecule has 0 fully saturated rings. The molecule has 0 radical (unpaired) electrons. The van der Waals surface area contributed by atoms with Gasteiger partial charge in [0.25, 0.3) is 0 Å². The summed E-state index contributed by atoms with van der Waals surface area (Å²) >= 11 is 0. The summed E-state index contributed by atoms with van der Waals surface area (Å²) < 4.78 is 1.79. The van der Waals surface area contributed by atoms with Crippen molar-refractivity contribution in [1.29, 1.82) is 0 Å². The summed E-state index contributed by atoms with van der Waals surface area (Å²) in [6, 6.07) is 0.0428. The van der Waals surface area contributed by atoms with Crippen LogP contribution in [0.25, 0.3) is 0 Å². The average Bonchev–Trinajstić information content (AvgIpc) is 2.10. The van der Waals surface area contributed by atoms with Crippen LogP contribution in [0, 0.1) is 6.92 Å². The first-order valence-electron chi connectivity index (χ1n) is 3.37. The molecule has 1 aromatic heterocycles. The van der Waals surface area contributed by atoms with Gasteiger partial charge in [-0.2, -0.15) is 5.10 Å². The molecule has 3 nitrogen and oxygen atoms in total. The van der Waals surface area contributed by atoms with E-state index < -0.39 is 0 Å². The predicted molar refractivity (Wildman–Crippen MR) is 47.8 cm³/mol. The van der Waals surface area contributed by atoms with E-state index in [0.29, 0.717) is 0 Å². The quantitative estimate of drug-likeness (QED) is 0.697. The van der Waals surface area contributed by atoms with Gasteiger partial charge in [0.05, 0.1) is 5.69 Å². The zero-order chi connectivity index (χ0) is 7.72. The fourth-order valence-corrected chi connectivity index (χ4v) is 1.07. The zero-order valence-electron chi connectivity index (χ0n) is 7.03. The van der Waals surface area contributed by atoms with E-state index in [1.54, 1.807) is 4.68 Å². The molecule has 4 heteroatoms. The van der Waals surface area contributed by atoms with Gasteiger partial charge in [-0.05, 0) is 19.4 Å². The van der Waals surface area contributed by atoms with Gasteiger partial charge in [-0.15, -0.1) is 12.4 Å². The van der Waals surface area contributed by atoms with E-state index in [0.717, 1.165) is 11.3 Å². The van der Waals surface area contributed by atoms with Crippen LogP contribution in [0.5, 0.6) is 0 Å². The summed E-state index contributed by atoms with van der Waals surface area (Å²) in [5, 5.41) is 4.20. The molecule has 0 spiro atoms. The van der Waals surface area contributed by atoms with Crippen molar-refractivity contribution in [3.63, 3.8) is 0 Å². The highest BCUT2D eigenvalue weighted by atomic mass is 35.5. The normalized spacial score (nSPS) is 12.4. The van der Waals surface area contributed by atoms with Crippen molar-refractivity contribution in [1.82, 2.24) is 9.78 Å². The number of hydrogen-bond acceptors (Lipinski definition) is 2. The van der Waals surface area contributed by atoms with Crippen LogP contribution in [0.4, 0.5) is 0 Å². The lowest BCUT2D eigenvalue weighted by Gasteiger charge is -1.99. The van der Waals surface area contributed by atoms with Crippen LogP contribution < -0.4 is 5.73 Å². The first-order chi connectivity index (χ1) is 4.61. The molecule has 1 atom stereocenters. The summed E-state index contributed by atoms with van der Waals surface area (Å²) in [6.45, 7) is 3.96. The van der Waals surface area contributed by atoms with E-state index in [1.165, 1.54) is 0 Å². The van der Waals surface area contributed by atoms with Crippen molar-refractivity contribution in [3.05, 3.63) is 17.5 Å². The van der Waals surface area contributed by atoms with Crippen LogP contribution in [0.15, 0.2) is 6.20 Å². The molecule has 0 aliphatic heterocycles. The lowest BCUT2D eigenvalue weighted by molar-refractivity contribution is 0.698. The van der Waals surface area contributed by atoms with E-state index >= 15 is 0 Å². The zero-order valence-corrected chi connectivity index (χ0v) is 7.85. The topological polar surface area (TPSA) is 43.8 Å². The van der Waals surface area contributed by atoms with Gasteiger partial charge in [-0.1, -0.05) is 0 Å². The molecule has 0 aliphatic carbocycles. The average molecular weight is 176 g/mol. The highest BCUT2D eigenvalue weighted by Crippen LogP contribution is 2.10. The van der Waals surface area contributed by atoms with Crippen molar-refractivity contribution < 1.29 is 0 Å². The van der Waals surface area contributed by atoms with E-state index in [-0.39, 0.29) is 18.4 Å². The number of nitrogens with zero attached hydrogens (tertiary/aromatic N) is 2. The summed E-state index contributed by atoms with van der Waals surface area (Å²) in [7, 11) is 1.90. The SMILES string of the molecule is Cc1cn(C)nc1[C@H](C)N.Cl. The minimum Gasteiger partial charge on any atom is -0.323 e. The Morgan fingerprint density at radius 1 is 1.64 bits per heavy atom. The maximum Gasteiger partial charge on any atom is 0.0817 e. The van der Waals surface area contributed by atoms with Gasteiger partial charge >= 0.3 is 0 Å². The molecule has 0 saturated carbocycles. The second-order valence-corrected chi connectivity index (χ2v) is 2.66. The van der Waals surface area contributed by atoms with E-state index in [2.05, 4.69) is 5.10 Å². The van der Waals surface area contributed by atoms with Crippen molar-refractivity contribution in [2.75, 3.05) is 0 Å².